The molecule has 1 amide bonds. The van der Waals surface area contributed by atoms with E-state index in [4.69, 9.17) is 14.7 Å². The molecule has 0 aliphatic carbocycles. The second kappa shape index (κ2) is 10.8. The molecule has 0 radical (unpaired) electrons. The van der Waals surface area contributed by atoms with Crippen LogP contribution in [0.3, 0.4) is 0 Å². The molecule has 4 aromatic rings. The zero-order valence-electron chi connectivity index (χ0n) is 22.6. The first-order valence-corrected chi connectivity index (χ1v) is 13.9. The number of pyridine rings is 1. The number of hydrogen-bond acceptors (Lipinski definition) is 8. The van der Waals surface area contributed by atoms with Crippen LogP contribution in [0.25, 0.3) is 27.5 Å². The van der Waals surface area contributed by atoms with Crippen molar-refractivity contribution >= 4 is 28.7 Å². The fourth-order valence-electron chi connectivity index (χ4n) is 4.93. The van der Waals surface area contributed by atoms with Gasteiger partial charge < -0.3 is 15.0 Å². The predicted octanol–water partition coefficient (Wildman–Crippen LogP) is 4.21. The molecule has 0 aromatic carbocycles. The normalized spacial score (nSPS) is 15.6. The Bertz CT molecular complexity index is 1410. The zero-order valence-corrected chi connectivity index (χ0v) is 23.5. The summed E-state index contributed by atoms with van der Waals surface area (Å²) in [6.45, 7) is 12.4. The number of carbonyl (C=O) groups is 1. The zero-order chi connectivity index (χ0) is 26.9. The first kappa shape index (κ1) is 26.3. The summed E-state index contributed by atoms with van der Waals surface area (Å²) in [6.07, 6.45) is 3.68. The summed E-state index contributed by atoms with van der Waals surface area (Å²) in [4.78, 5) is 28.8. The summed E-state index contributed by atoms with van der Waals surface area (Å²) < 4.78 is 7.39. The summed E-state index contributed by atoms with van der Waals surface area (Å²) in [7, 11) is 1.73. The van der Waals surface area contributed by atoms with Crippen LogP contribution in [0.1, 0.15) is 38.1 Å². The number of rotatable bonds is 10. The number of anilines is 1. The first-order chi connectivity index (χ1) is 18.3. The molecule has 5 rings (SSSR count). The minimum atomic E-state index is -0.221. The minimum absolute atomic E-state index is 0.118. The van der Waals surface area contributed by atoms with Crippen molar-refractivity contribution < 1.29 is 9.53 Å². The van der Waals surface area contributed by atoms with Crippen molar-refractivity contribution in [2.24, 2.45) is 0 Å². The Hall–Kier alpha value is -3.34. The number of nitrogens with one attached hydrogen (secondary N) is 1. The number of aromatic nitrogens is 4. The van der Waals surface area contributed by atoms with Gasteiger partial charge in [-0.15, -0.1) is 11.3 Å². The second-order valence-corrected chi connectivity index (χ2v) is 11.0. The lowest BCUT2D eigenvalue weighted by molar-refractivity contribution is -0.0171. The SMILES string of the molecule is CCN(CC)C(C)CNC(=O)c1cc(-c2cnn3ccc(-c4cccs4)nc23)nc(N2CC(C)(OC)C2)c1. The summed E-state index contributed by atoms with van der Waals surface area (Å²) in [5, 5.41) is 9.68. The molecule has 0 saturated carbocycles. The van der Waals surface area contributed by atoms with E-state index in [0.717, 1.165) is 35.0 Å². The minimum Gasteiger partial charge on any atom is -0.375 e. The smallest absolute Gasteiger partial charge is 0.251 e. The van der Waals surface area contributed by atoms with Gasteiger partial charge in [0, 0.05) is 44.5 Å². The average molecular weight is 534 g/mol. The van der Waals surface area contributed by atoms with Crippen molar-refractivity contribution in [2.75, 3.05) is 44.7 Å². The molecule has 1 saturated heterocycles. The molecule has 200 valence electrons. The number of methoxy groups -OCH3 is 1. The highest BCUT2D eigenvalue weighted by Gasteiger charge is 2.40. The van der Waals surface area contributed by atoms with Crippen LogP contribution >= 0.6 is 11.3 Å². The third kappa shape index (κ3) is 5.16. The molecular formula is C28H35N7O2S. The second-order valence-electron chi connectivity index (χ2n) is 10.0. The van der Waals surface area contributed by atoms with Crippen molar-refractivity contribution in [1.29, 1.82) is 0 Å². The molecule has 1 aliphatic heterocycles. The van der Waals surface area contributed by atoms with Crippen molar-refractivity contribution in [3.63, 3.8) is 0 Å². The fourth-order valence-corrected chi connectivity index (χ4v) is 5.62. The van der Waals surface area contributed by atoms with Gasteiger partial charge in [0.2, 0.25) is 0 Å². The summed E-state index contributed by atoms with van der Waals surface area (Å²) >= 11 is 1.64. The molecule has 5 heterocycles. The van der Waals surface area contributed by atoms with Crippen LogP contribution in [0.2, 0.25) is 0 Å². The first-order valence-electron chi connectivity index (χ1n) is 13.1. The molecule has 0 spiro atoms. The highest BCUT2D eigenvalue weighted by molar-refractivity contribution is 7.13. The Balaban J connectivity index is 1.50. The van der Waals surface area contributed by atoms with Crippen LogP contribution in [-0.4, -0.2) is 81.9 Å². The molecule has 1 N–H and O–H groups in total. The number of nitrogens with zero attached hydrogens (tertiary/aromatic N) is 6. The maximum Gasteiger partial charge on any atom is 0.251 e. The van der Waals surface area contributed by atoms with E-state index in [1.54, 1.807) is 29.2 Å². The maximum atomic E-state index is 13.4. The lowest BCUT2D eigenvalue weighted by atomic mass is 9.96. The number of fused-ring (bicyclic) bond motifs is 1. The van der Waals surface area contributed by atoms with Crippen LogP contribution in [0.4, 0.5) is 5.82 Å². The molecule has 0 bridgehead atoms. The Kier molecular flexibility index (Phi) is 7.47. The monoisotopic (exact) mass is 533 g/mol. The largest absolute Gasteiger partial charge is 0.375 e. The topological polar surface area (TPSA) is 87.9 Å². The van der Waals surface area contributed by atoms with Gasteiger partial charge in [-0.25, -0.2) is 14.5 Å². The molecule has 38 heavy (non-hydrogen) atoms. The van der Waals surface area contributed by atoms with Gasteiger partial charge in [-0.3, -0.25) is 9.69 Å². The van der Waals surface area contributed by atoms with Gasteiger partial charge in [-0.1, -0.05) is 19.9 Å². The third-order valence-corrected chi connectivity index (χ3v) is 8.25. The van der Waals surface area contributed by atoms with E-state index in [1.807, 2.05) is 35.8 Å². The van der Waals surface area contributed by atoms with Crippen molar-refractivity contribution in [3.05, 3.63) is 53.7 Å². The summed E-state index contributed by atoms with van der Waals surface area (Å²) in [5.74, 6) is 0.625. The van der Waals surface area contributed by atoms with Gasteiger partial charge in [0.15, 0.2) is 5.65 Å². The molecule has 9 nitrogen and oxygen atoms in total. The molecule has 1 unspecified atom stereocenters. The van der Waals surface area contributed by atoms with Crippen LogP contribution in [0, 0.1) is 0 Å². The van der Waals surface area contributed by atoms with Gasteiger partial charge in [-0.2, -0.15) is 5.10 Å². The number of carbonyl (C=O) groups excluding carboxylic acids is 1. The van der Waals surface area contributed by atoms with Gasteiger partial charge in [0.05, 0.1) is 33.6 Å². The van der Waals surface area contributed by atoms with E-state index >= 15 is 0 Å². The molecular weight excluding hydrogens is 498 g/mol. The number of ether oxygens (including phenoxy) is 1. The number of amides is 1. The Labute approximate surface area is 227 Å². The highest BCUT2D eigenvalue weighted by Crippen LogP contribution is 2.33. The molecule has 1 aliphatic rings. The average Bonchev–Trinajstić information content (AvgIpc) is 3.60. The van der Waals surface area contributed by atoms with Gasteiger partial charge in [-0.05, 0) is 56.6 Å². The van der Waals surface area contributed by atoms with E-state index in [-0.39, 0.29) is 17.6 Å². The quantitative estimate of drug-likeness (QED) is 0.327. The number of hydrogen-bond donors (Lipinski definition) is 1. The van der Waals surface area contributed by atoms with Crippen LogP contribution < -0.4 is 10.2 Å². The van der Waals surface area contributed by atoms with Crippen molar-refractivity contribution in [2.45, 2.75) is 39.3 Å². The molecule has 4 aromatic heterocycles. The van der Waals surface area contributed by atoms with Gasteiger partial charge >= 0.3 is 0 Å². The lowest BCUT2D eigenvalue weighted by Crippen LogP contribution is -2.61. The van der Waals surface area contributed by atoms with Crippen molar-refractivity contribution in [1.82, 2.24) is 29.8 Å². The van der Waals surface area contributed by atoms with E-state index in [1.165, 1.54) is 0 Å². The van der Waals surface area contributed by atoms with Crippen LogP contribution in [0.5, 0.6) is 0 Å². The van der Waals surface area contributed by atoms with Crippen LogP contribution in [0.15, 0.2) is 48.1 Å². The Morgan fingerprint density at radius 2 is 2.00 bits per heavy atom. The van der Waals surface area contributed by atoms with E-state index in [0.29, 0.717) is 36.5 Å². The number of likely N-dealkylation sites (N-methyl/N-ethyl adjacent to an activating group) is 1. The lowest BCUT2D eigenvalue weighted by Gasteiger charge is -2.47. The summed E-state index contributed by atoms with van der Waals surface area (Å²) in [6, 6.07) is 9.98. The van der Waals surface area contributed by atoms with Gasteiger partial charge in [0.1, 0.15) is 5.82 Å². The van der Waals surface area contributed by atoms with E-state index in [2.05, 4.69) is 54.0 Å². The maximum absolute atomic E-state index is 13.4. The standard InChI is InChI=1S/C28H35N7O2S/c1-6-33(7-2)19(3)15-29-27(36)20-13-23(31-25(14-20)34-17-28(4,18-34)37-5)21-16-30-35-11-10-22(32-26(21)35)24-9-8-12-38-24/h8-14,16,19H,6-7,15,17-18H2,1-5H3,(H,29,36). The van der Waals surface area contributed by atoms with Crippen molar-refractivity contribution in [3.8, 4) is 21.8 Å². The van der Waals surface area contributed by atoms with Gasteiger partial charge in [0.25, 0.3) is 5.91 Å². The predicted molar refractivity (Wildman–Crippen MR) is 152 cm³/mol. The molecule has 1 fully saturated rings. The highest BCUT2D eigenvalue weighted by atomic mass is 32.1. The summed E-state index contributed by atoms with van der Waals surface area (Å²) in [5.41, 5.74) is 3.38. The van der Waals surface area contributed by atoms with E-state index < -0.39 is 0 Å². The fraction of sp³-hybridized carbons (Fsp3) is 0.429. The van der Waals surface area contributed by atoms with E-state index in [9.17, 15) is 4.79 Å². The molecule has 10 heteroatoms. The molecule has 1 atom stereocenters. The Morgan fingerprint density at radius 1 is 1.21 bits per heavy atom. The Morgan fingerprint density at radius 3 is 2.68 bits per heavy atom. The number of thiophene rings is 1. The van der Waals surface area contributed by atoms with Crippen LogP contribution in [-0.2, 0) is 4.74 Å². The third-order valence-electron chi connectivity index (χ3n) is 7.35.